The molecule has 0 radical (unpaired) electrons. The van der Waals surface area contributed by atoms with Gasteiger partial charge in [0.05, 0.1) is 42.1 Å². The smallest absolute Gasteiger partial charge is 0.246 e. The van der Waals surface area contributed by atoms with Crippen LogP contribution in [-0.2, 0) is 26.5 Å². The number of Topliss-reactive ketones (excluding diaryl/α,β-unsaturated/α-hetero) is 1. The third kappa shape index (κ3) is 6.62. The lowest BCUT2D eigenvalue weighted by Gasteiger charge is -2.55. The van der Waals surface area contributed by atoms with Crippen LogP contribution in [0.3, 0.4) is 0 Å². The van der Waals surface area contributed by atoms with E-state index in [-0.39, 0.29) is 42.3 Å². The van der Waals surface area contributed by atoms with Crippen molar-refractivity contribution in [1.82, 2.24) is 25.8 Å². The molecule has 0 aromatic heterocycles. The molecule has 6 unspecified atom stereocenters. The molecule has 3 N–H and O–H groups in total. The molecule has 0 bridgehead atoms. The number of ether oxygens (including phenoxy) is 1. The molecule has 228 valence electrons. The summed E-state index contributed by atoms with van der Waals surface area (Å²) in [4.78, 5) is 31.1. The van der Waals surface area contributed by atoms with Crippen LogP contribution in [0.1, 0.15) is 50.2 Å². The van der Waals surface area contributed by atoms with Crippen molar-refractivity contribution in [2.75, 3.05) is 39.8 Å². The predicted octanol–water partition coefficient (Wildman–Crippen LogP) is 2.63. The monoisotopic (exact) mass is 594 g/mol. The average Bonchev–Trinajstić information content (AvgIpc) is 3.01. The van der Waals surface area contributed by atoms with Crippen molar-refractivity contribution in [3.8, 4) is 6.07 Å². The van der Waals surface area contributed by atoms with Gasteiger partial charge >= 0.3 is 0 Å². The van der Waals surface area contributed by atoms with E-state index in [9.17, 15) is 14.9 Å². The summed E-state index contributed by atoms with van der Waals surface area (Å²) in [5.41, 5.74) is 2.63. The Hall–Kier alpha value is -2.26. The summed E-state index contributed by atoms with van der Waals surface area (Å²) in [5.74, 6) is 1.47. The minimum Gasteiger partial charge on any atom is -0.350 e. The van der Waals surface area contributed by atoms with Gasteiger partial charge in [0.25, 0.3) is 0 Å². The Morgan fingerprint density at radius 2 is 2.14 bits per heavy atom. The van der Waals surface area contributed by atoms with Crippen LogP contribution in [-0.4, -0.2) is 90.7 Å². The summed E-state index contributed by atoms with van der Waals surface area (Å²) in [5, 5.41) is 20.0. The molecule has 42 heavy (non-hydrogen) atoms. The van der Waals surface area contributed by atoms with Crippen molar-refractivity contribution >= 4 is 23.5 Å². The maximum atomic E-state index is 14.5. The fourth-order valence-electron chi connectivity index (χ4n) is 7.22. The van der Waals surface area contributed by atoms with Crippen LogP contribution in [0.4, 0.5) is 0 Å². The highest BCUT2D eigenvalue weighted by atomic mass is 32.2. The van der Waals surface area contributed by atoms with Crippen LogP contribution in [0.25, 0.3) is 0 Å². The molecule has 7 atom stereocenters. The molecular formula is C32H46N6O3S. The molecule has 1 spiro atoms. The third-order valence-corrected chi connectivity index (χ3v) is 11.1. The highest BCUT2D eigenvalue weighted by Gasteiger charge is 2.55. The zero-order chi connectivity index (χ0) is 29.7. The van der Waals surface area contributed by atoms with E-state index in [4.69, 9.17) is 4.74 Å². The summed E-state index contributed by atoms with van der Waals surface area (Å²) in [6, 6.07) is 10.2. The largest absolute Gasteiger partial charge is 0.350 e. The number of hydrogen-bond donors (Lipinski definition) is 3. The van der Waals surface area contributed by atoms with E-state index in [1.807, 2.05) is 18.8 Å². The zero-order valence-corrected chi connectivity index (χ0v) is 25.8. The summed E-state index contributed by atoms with van der Waals surface area (Å²) >= 11 is 1.81. The second-order valence-electron chi connectivity index (χ2n) is 12.4. The topological polar surface area (TPSA) is 110 Å². The van der Waals surface area contributed by atoms with Crippen LogP contribution >= 0.6 is 11.8 Å². The van der Waals surface area contributed by atoms with E-state index in [1.165, 1.54) is 17.2 Å². The van der Waals surface area contributed by atoms with Crippen LogP contribution < -0.4 is 16.0 Å². The fraction of sp³-hybridized carbons (Fsp3) is 0.656. The van der Waals surface area contributed by atoms with E-state index in [0.717, 1.165) is 44.4 Å². The van der Waals surface area contributed by atoms with Gasteiger partial charge in [-0.05, 0) is 68.8 Å². The van der Waals surface area contributed by atoms with E-state index in [2.05, 4.69) is 64.7 Å². The third-order valence-electron chi connectivity index (χ3n) is 9.56. The SMILES string of the molecule is C=CC(=O)N1CCN(C2NC(OCC(C)CCCNC)NC3C(=O)[C@]4(CCC32)Cc2ccccc2CS4)CC1CC#N. The van der Waals surface area contributed by atoms with Gasteiger partial charge in [-0.15, -0.1) is 11.8 Å². The predicted molar refractivity (Wildman–Crippen MR) is 165 cm³/mol. The lowest BCUT2D eigenvalue weighted by atomic mass is 9.71. The quantitative estimate of drug-likeness (QED) is 0.278. The van der Waals surface area contributed by atoms with Crippen molar-refractivity contribution in [2.45, 2.75) is 80.5 Å². The number of benzene rings is 1. The second kappa shape index (κ2) is 14.0. The molecule has 10 heteroatoms. The summed E-state index contributed by atoms with van der Waals surface area (Å²) < 4.78 is 6.00. The summed E-state index contributed by atoms with van der Waals surface area (Å²) in [6.07, 6.45) is 5.74. The van der Waals surface area contributed by atoms with Gasteiger partial charge in [0.15, 0.2) is 12.1 Å². The Kier molecular flexibility index (Phi) is 10.4. The number of hydrogen-bond acceptors (Lipinski definition) is 9. The number of nitrogens with zero attached hydrogens (tertiary/aromatic N) is 3. The number of nitrogens with one attached hydrogen (secondary N) is 3. The molecular weight excluding hydrogens is 548 g/mol. The summed E-state index contributed by atoms with van der Waals surface area (Å²) in [7, 11) is 1.97. The van der Waals surface area contributed by atoms with Crippen molar-refractivity contribution in [1.29, 1.82) is 5.26 Å². The molecule has 5 rings (SSSR count). The number of carbonyl (C=O) groups is 2. The number of ketones is 1. The number of carbonyl (C=O) groups excluding carboxylic acids is 2. The van der Waals surface area contributed by atoms with Gasteiger partial charge in [-0.2, -0.15) is 5.26 Å². The average molecular weight is 595 g/mol. The Labute approximate surface area is 254 Å². The molecule has 4 aliphatic rings. The van der Waals surface area contributed by atoms with Gasteiger partial charge in [0, 0.05) is 31.3 Å². The minimum absolute atomic E-state index is 0.0678. The summed E-state index contributed by atoms with van der Waals surface area (Å²) in [6.45, 7) is 9.21. The second-order valence-corrected chi connectivity index (χ2v) is 13.7. The van der Waals surface area contributed by atoms with Crippen molar-refractivity contribution < 1.29 is 14.3 Å². The molecule has 1 aliphatic carbocycles. The van der Waals surface area contributed by atoms with Crippen molar-refractivity contribution in [3.63, 3.8) is 0 Å². The molecule has 3 heterocycles. The van der Waals surface area contributed by atoms with E-state index < -0.39 is 11.1 Å². The lowest BCUT2D eigenvalue weighted by molar-refractivity contribution is -0.144. The van der Waals surface area contributed by atoms with E-state index >= 15 is 0 Å². The first-order valence-corrected chi connectivity index (χ1v) is 16.4. The number of nitriles is 1. The number of thioether (sulfide) groups is 1. The molecule has 3 aliphatic heterocycles. The number of fused-ring (bicyclic) bond motifs is 2. The molecule has 1 aromatic carbocycles. The fourth-order valence-corrected chi connectivity index (χ4v) is 8.73. The van der Waals surface area contributed by atoms with Gasteiger partial charge in [0.1, 0.15) is 0 Å². The van der Waals surface area contributed by atoms with Crippen molar-refractivity contribution in [3.05, 3.63) is 48.0 Å². The molecule has 2 saturated heterocycles. The Balaban J connectivity index is 1.35. The van der Waals surface area contributed by atoms with Crippen LogP contribution in [0.2, 0.25) is 0 Å². The Morgan fingerprint density at radius 3 is 2.90 bits per heavy atom. The Morgan fingerprint density at radius 1 is 1.33 bits per heavy atom. The van der Waals surface area contributed by atoms with Crippen LogP contribution in [0.5, 0.6) is 0 Å². The Bertz CT molecular complexity index is 1180. The van der Waals surface area contributed by atoms with Gasteiger partial charge in [0.2, 0.25) is 5.91 Å². The normalized spacial score (nSPS) is 32.1. The first kappa shape index (κ1) is 31.2. The maximum absolute atomic E-state index is 14.5. The molecule has 1 saturated carbocycles. The lowest BCUT2D eigenvalue weighted by Crippen LogP contribution is -2.75. The molecule has 3 fully saturated rings. The van der Waals surface area contributed by atoms with Crippen LogP contribution in [0.15, 0.2) is 36.9 Å². The zero-order valence-electron chi connectivity index (χ0n) is 25.0. The molecule has 1 amide bonds. The maximum Gasteiger partial charge on any atom is 0.246 e. The molecule has 1 aromatic rings. The van der Waals surface area contributed by atoms with Gasteiger partial charge in [-0.1, -0.05) is 37.8 Å². The van der Waals surface area contributed by atoms with Crippen LogP contribution in [0, 0.1) is 23.2 Å². The minimum atomic E-state index is -0.453. The van der Waals surface area contributed by atoms with Gasteiger partial charge in [-0.25, -0.2) is 0 Å². The first-order chi connectivity index (χ1) is 20.4. The van der Waals surface area contributed by atoms with E-state index in [0.29, 0.717) is 32.2 Å². The van der Waals surface area contributed by atoms with E-state index in [1.54, 1.807) is 4.90 Å². The van der Waals surface area contributed by atoms with Crippen molar-refractivity contribution in [2.24, 2.45) is 11.8 Å². The standard InChI is InChI=1S/C32H46N6O3S/c1-4-27(39)38-17-16-37(19-25(38)12-14-33)30-26-11-13-32(18-23-9-5-6-10-24(23)21-42-32)29(40)28(26)35-31(36-30)41-20-22(2)8-7-15-34-3/h4-6,9-10,22,25-26,28,30-31,34-36H,1,7-8,11-13,15-21H2,2-3H3/t22?,25?,26?,28?,30?,31?,32-/m0/s1. The molecule has 9 nitrogen and oxygen atoms in total. The number of piperazine rings is 1. The highest BCUT2D eigenvalue weighted by Crippen LogP contribution is 2.48. The number of rotatable bonds is 10. The van der Waals surface area contributed by atoms with Gasteiger partial charge < -0.3 is 15.0 Å². The van der Waals surface area contributed by atoms with Gasteiger partial charge in [-0.3, -0.25) is 25.1 Å². The highest BCUT2D eigenvalue weighted by molar-refractivity contribution is 8.00. The first-order valence-electron chi connectivity index (χ1n) is 15.5. The number of amides is 1.